The number of carbonyl (C=O) groups is 1. The van der Waals surface area contributed by atoms with Gasteiger partial charge in [-0.15, -0.1) is 0 Å². The monoisotopic (exact) mass is 564 g/mol. The predicted molar refractivity (Wildman–Crippen MR) is 160 cm³/mol. The lowest BCUT2D eigenvalue weighted by Crippen LogP contribution is -2.52. The van der Waals surface area contributed by atoms with Crippen molar-refractivity contribution in [1.29, 1.82) is 0 Å². The molecule has 2 unspecified atom stereocenters. The minimum absolute atomic E-state index is 0.0165. The summed E-state index contributed by atoms with van der Waals surface area (Å²) in [6.45, 7) is 12.6. The number of amides is 1. The molecule has 222 valence electrons. The van der Waals surface area contributed by atoms with Gasteiger partial charge in [0.25, 0.3) is 0 Å². The first-order valence-corrected chi connectivity index (χ1v) is 15.1. The molecule has 3 aromatic rings. The van der Waals surface area contributed by atoms with E-state index in [-0.39, 0.29) is 29.2 Å². The van der Waals surface area contributed by atoms with Gasteiger partial charge in [-0.1, -0.05) is 45.9 Å². The highest BCUT2D eigenvalue weighted by Crippen LogP contribution is 2.48. The number of aromatic amines is 1. The molecule has 2 atom stereocenters. The zero-order valence-electron chi connectivity index (χ0n) is 25.2. The molecule has 2 heterocycles. The van der Waals surface area contributed by atoms with Crippen molar-refractivity contribution >= 4 is 17.1 Å². The molecule has 2 aromatic carbocycles. The quantitative estimate of drug-likeness (QED) is 0.331. The van der Waals surface area contributed by atoms with E-state index < -0.39 is 5.60 Å². The van der Waals surface area contributed by atoms with Crippen LogP contribution in [-0.2, 0) is 21.3 Å². The van der Waals surface area contributed by atoms with E-state index in [1.165, 1.54) is 0 Å². The van der Waals surface area contributed by atoms with Gasteiger partial charge in [0.15, 0.2) is 0 Å². The Hall–Kier alpha value is -2.97. The molecule has 2 aliphatic rings. The highest BCUT2D eigenvalue weighted by Gasteiger charge is 2.48. The van der Waals surface area contributed by atoms with Gasteiger partial charge in [0.05, 0.1) is 24.2 Å². The summed E-state index contributed by atoms with van der Waals surface area (Å²) in [6, 6.07) is 13.2. The van der Waals surface area contributed by atoms with Crippen molar-refractivity contribution in [1.82, 2.24) is 19.8 Å². The maximum Gasteiger partial charge on any atom is 0.410 e. The van der Waals surface area contributed by atoms with E-state index in [1.54, 1.807) is 17.0 Å². The fraction of sp³-hybridized carbons (Fsp3) is 0.576. The van der Waals surface area contributed by atoms with Crippen LogP contribution in [0.3, 0.4) is 0 Å². The highest BCUT2D eigenvalue weighted by atomic mass is 19.1. The number of H-pyrrole nitrogens is 1. The molecule has 1 aliphatic heterocycles. The number of para-hydroxylation sites is 2. The fourth-order valence-electron chi connectivity index (χ4n) is 6.63. The lowest BCUT2D eigenvalue weighted by Gasteiger charge is -2.47. The second kappa shape index (κ2) is 12.1. The zero-order chi connectivity index (χ0) is 29.2. The van der Waals surface area contributed by atoms with Crippen molar-refractivity contribution in [2.45, 2.75) is 70.3 Å². The van der Waals surface area contributed by atoms with Crippen molar-refractivity contribution < 1.29 is 18.7 Å². The van der Waals surface area contributed by atoms with Crippen molar-refractivity contribution in [3.05, 3.63) is 65.2 Å². The number of fused-ring (bicyclic) bond motifs is 2. The van der Waals surface area contributed by atoms with Gasteiger partial charge in [-0.05, 0) is 74.2 Å². The van der Waals surface area contributed by atoms with Crippen LogP contribution in [0.4, 0.5) is 9.18 Å². The van der Waals surface area contributed by atoms with Crippen LogP contribution in [0.1, 0.15) is 69.8 Å². The number of hydrogen-bond donors (Lipinski definition) is 1. The molecular formula is C33H45FN4O3. The van der Waals surface area contributed by atoms with Gasteiger partial charge < -0.3 is 24.3 Å². The molecule has 7 nitrogen and oxygen atoms in total. The Balaban J connectivity index is 1.32. The van der Waals surface area contributed by atoms with Crippen molar-refractivity contribution in [3.8, 4) is 0 Å². The summed E-state index contributed by atoms with van der Waals surface area (Å²) in [5.41, 5.74) is 3.40. The molecule has 1 fully saturated rings. The summed E-state index contributed by atoms with van der Waals surface area (Å²) < 4.78 is 26.2. The van der Waals surface area contributed by atoms with Crippen LogP contribution in [-0.4, -0.2) is 77.9 Å². The molecule has 0 radical (unpaired) electrons. The zero-order valence-corrected chi connectivity index (χ0v) is 25.2. The third-order valence-corrected chi connectivity index (χ3v) is 9.12. The Morgan fingerprint density at radius 3 is 2.71 bits per heavy atom. The molecule has 1 saturated heterocycles. The minimum Gasteiger partial charge on any atom is -0.442 e. The SMILES string of the molecule is CC(C)C1c2ccc(F)cc2CCC1(CCN(C)CCC(C)(C)c1nc2ccccc2[nH]1)OC(=O)N1CCOCC1. The number of nitrogens with zero attached hydrogens (tertiary/aromatic N) is 3. The maximum atomic E-state index is 14.2. The summed E-state index contributed by atoms with van der Waals surface area (Å²) in [4.78, 5) is 26.0. The number of rotatable bonds is 9. The van der Waals surface area contributed by atoms with Crippen molar-refractivity contribution in [2.24, 2.45) is 5.92 Å². The number of morpholine rings is 1. The van der Waals surface area contributed by atoms with E-state index in [0.29, 0.717) is 45.6 Å². The number of hydrogen-bond acceptors (Lipinski definition) is 5. The van der Waals surface area contributed by atoms with Crippen molar-refractivity contribution in [3.63, 3.8) is 0 Å². The topological polar surface area (TPSA) is 70.7 Å². The lowest BCUT2D eigenvalue weighted by molar-refractivity contribution is -0.0671. The summed E-state index contributed by atoms with van der Waals surface area (Å²) in [7, 11) is 2.14. The number of benzene rings is 2. The first-order chi connectivity index (χ1) is 19.6. The average molecular weight is 565 g/mol. The van der Waals surface area contributed by atoms with Crippen LogP contribution >= 0.6 is 0 Å². The van der Waals surface area contributed by atoms with Gasteiger partial charge >= 0.3 is 6.09 Å². The molecule has 5 rings (SSSR count). The van der Waals surface area contributed by atoms with Crippen LogP contribution in [0.2, 0.25) is 0 Å². The van der Waals surface area contributed by atoms with Crippen molar-refractivity contribution in [2.75, 3.05) is 46.4 Å². The second-order valence-electron chi connectivity index (χ2n) is 12.9. The Morgan fingerprint density at radius 1 is 1.22 bits per heavy atom. The molecule has 1 aromatic heterocycles. The third kappa shape index (κ3) is 6.44. The molecule has 1 N–H and O–H groups in total. The maximum absolute atomic E-state index is 14.2. The Labute approximate surface area is 243 Å². The number of imidazole rings is 1. The Morgan fingerprint density at radius 2 is 1.98 bits per heavy atom. The van der Waals surface area contributed by atoms with E-state index >= 15 is 0 Å². The number of halogens is 1. The third-order valence-electron chi connectivity index (χ3n) is 9.12. The summed E-state index contributed by atoms with van der Waals surface area (Å²) in [6.07, 6.45) is 2.75. The Kier molecular flexibility index (Phi) is 8.71. The van der Waals surface area contributed by atoms with Gasteiger partial charge in [0.1, 0.15) is 17.2 Å². The molecule has 8 heteroatoms. The average Bonchev–Trinajstić information content (AvgIpc) is 3.41. The smallest absolute Gasteiger partial charge is 0.410 e. The van der Waals surface area contributed by atoms with Gasteiger partial charge in [0.2, 0.25) is 0 Å². The Bertz CT molecular complexity index is 1320. The number of carbonyl (C=O) groups excluding carboxylic acids is 1. The van der Waals surface area contributed by atoms with E-state index in [1.807, 2.05) is 24.3 Å². The molecule has 41 heavy (non-hydrogen) atoms. The van der Waals surface area contributed by atoms with Gasteiger partial charge in [0, 0.05) is 37.4 Å². The van der Waals surface area contributed by atoms with Gasteiger partial charge in [-0.3, -0.25) is 0 Å². The van der Waals surface area contributed by atoms with Crippen LogP contribution in [0, 0.1) is 11.7 Å². The number of aryl methyl sites for hydroxylation is 1. The minimum atomic E-state index is -0.670. The van der Waals surface area contributed by atoms with Crippen LogP contribution in [0.15, 0.2) is 42.5 Å². The summed E-state index contributed by atoms with van der Waals surface area (Å²) >= 11 is 0. The molecule has 0 saturated carbocycles. The second-order valence-corrected chi connectivity index (χ2v) is 12.9. The first kappa shape index (κ1) is 29.5. The van der Waals surface area contributed by atoms with E-state index in [0.717, 1.165) is 47.5 Å². The molecule has 1 amide bonds. The van der Waals surface area contributed by atoms with Gasteiger partial charge in [-0.25, -0.2) is 14.2 Å². The summed E-state index contributed by atoms with van der Waals surface area (Å²) in [5.74, 6) is 0.987. The molecular weight excluding hydrogens is 519 g/mol. The number of ether oxygens (including phenoxy) is 2. The fourth-order valence-corrected chi connectivity index (χ4v) is 6.63. The van der Waals surface area contributed by atoms with Crippen LogP contribution < -0.4 is 0 Å². The molecule has 1 aliphatic carbocycles. The van der Waals surface area contributed by atoms with Crippen LogP contribution in [0.5, 0.6) is 0 Å². The normalized spacial score (nSPS) is 21.5. The number of nitrogens with one attached hydrogen (secondary N) is 1. The largest absolute Gasteiger partial charge is 0.442 e. The number of aromatic nitrogens is 2. The predicted octanol–water partition coefficient (Wildman–Crippen LogP) is 6.29. The van der Waals surface area contributed by atoms with Gasteiger partial charge in [-0.2, -0.15) is 0 Å². The highest BCUT2D eigenvalue weighted by molar-refractivity contribution is 5.75. The molecule has 0 bridgehead atoms. The van der Waals surface area contributed by atoms with Crippen LogP contribution in [0.25, 0.3) is 11.0 Å². The standard InChI is InChI=1S/C33H45FN4O3/c1-23(2)29-26-11-10-25(34)22-24(26)12-13-33(29,41-31(39)38-18-20-40-21-19-38)15-17-37(5)16-14-32(3,4)30-35-27-8-6-7-9-28(27)36-30/h6-11,22-23,29H,12-21H2,1-5H3,(H,35,36). The molecule has 0 spiro atoms. The summed E-state index contributed by atoms with van der Waals surface area (Å²) in [5, 5.41) is 0. The van der Waals surface area contributed by atoms with E-state index in [2.05, 4.69) is 50.7 Å². The van der Waals surface area contributed by atoms with E-state index in [4.69, 9.17) is 14.5 Å². The first-order valence-electron chi connectivity index (χ1n) is 15.1. The lowest BCUT2D eigenvalue weighted by atomic mass is 9.65. The van der Waals surface area contributed by atoms with E-state index in [9.17, 15) is 9.18 Å².